The Morgan fingerprint density at radius 3 is 2.85 bits per heavy atom. The van der Waals surface area contributed by atoms with E-state index in [4.69, 9.17) is 17.8 Å². The zero-order valence-corrected chi connectivity index (χ0v) is 7.17. The molecule has 0 unspecified atom stereocenters. The summed E-state index contributed by atoms with van der Waals surface area (Å²) in [6.07, 6.45) is 0. The Balaban J connectivity index is 3.13. The number of halogens is 1. The average Bonchev–Trinajstić information content (AvgIpc) is 2.04. The first-order valence-corrected chi connectivity index (χ1v) is 3.68. The van der Waals surface area contributed by atoms with Crippen molar-refractivity contribution >= 4 is 13.3 Å². The van der Waals surface area contributed by atoms with Gasteiger partial charge in [0.25, 0.3) is 0 Å². The second-order valence-corrected chi connectivity index (χ2v) is 2.52. The molecule has 0 heterocycles. The highest BCUT2D eigenvalue weighted by molar-refractivity contribution is 6.34. The number of methoxy groups -OCH3 is 1. The van der Waals surface area contributed by atoms with Crippen molar-refractivity contribution in [2.24, 2.45) is 0 Å². The van der Waals surface area contributed by atoms with Crippen LogP contribution in [-0.4, -0.2) is 20.2 Å². The van der Waals surface area contributed by atoms with Gasteiger partial charge in [0.15, 0.2) is 0 Å². The molecule has 0 saturated carbocycles. The van der Waals surface area contributed by atoms with E-state index in [1.807, 2.05) is 5.48 Å². The molecule has 3 nitrogen and oxygen atoms in total. The van der Waals surface area contributed by atoms with E-state index < -0.39 is 5.82 Å². The fourth-order valence-electron chi connectivity index (χ4n) is 1.14. The number of rotatable bonds is 3. The van der Waals surface area contributed by atoms with Crippen LogP contribution in [0, 0.1) is 5.82 Å². The summed E-state index contributed by atoms with van der Waals surface area (Å²) >= 11 is 0. The van der Waals surface area contributed by atoms with Crippen LogP contribution in [-0.2, 0) is 6.54 Å². The van der Waals surface area contributed by atoms with Gasteiger partial charge in [-0.2, -0.15) is 0 Å². The Hall–Kier alpha value is -1.07. The number of benzene rings is 1. The lowest BCUT2D eigenvalue weighted by atomic mass is 9.92. The van der Waals surface area contributed by atoms with Gasteiger partial charge in [0.1, 0.15) is 19.4 Å². The van der Waals surface area contributed by atoms with E-state index in [2.05, 4.69) is 0 Å². The molecule has 0 bridgehead atoms. The summed E-state index contributed by atoms with van der Waals surface area (Å²) in [5.41, 5.74) is 2.60. The summed E-state index contributed by atoms with van der Waals surface area (Å²) in [4.78, 5) is 0. The fourth-order valence-corrected chi connectivity index (χ4v) is 1.14. The number of hydroxylamine groups is 1. The Morgan fingerprint density at radius 2 is 2.31 bits per heavy atom. The van der Waals surface area contributed by atoms with Crippen molar-refractivity contribution in [2.75, 3.05) is 7.11 Å². The van der Waals surface area contributed by atoms with Gasteiger partial charge in [-0.15, -0.1) is 0 Å². The first-order chi connectivity index (χ1) is 6.19. The van der Waals surface area contributed by atoms with Crippen LogP contribution in [0.2, 0.25) is 0 Å². The topological polar surface area (TPSA) is 41.5 Å². The van der Waals surface area contributed by atoms with Crippen LogP contribution in [0.25, 0.3) is 0 Å². The molecule has 0 saturated heterocycles. The Bertz CT molecular complexity index is 306. The maximum Gasteiger partial charge on any atom is 0.123 e. The smallest absolute Gasteiger partial charge is 0.123 e. The maximum atomic E-state index is 12.8. The van der Waals surface area contributed by atoms with Gasteiger partial charge in [-0.25, -0.2) is 9.87 Å². The van der Waals surface area contributed by atoms with Crippen LogP contribution in [0.5, 0.6) is 5.75 Å². The highest BCUT2D eigenvalue weighted by Gasteiger charge is 2.07. The lowest BCUT2D eigenvalue weighted by molar-refractivity contribution is 0.160. The van der Waals surface area contributed by atoms with E-state index in [1.165, 1.54) is 19.2 Å². The number of hydrogen-bond donors (Lipinski definition) is 2. The van der Waals surface area contributed by atoms with Crippen LogP contribution in [0.1, 0.15) is 5.56 Å². The molecule has 0 aliphatic heterocycles. The first kappa shape index (κ1) is 10.0. The molecule has 0 fully saturated rings. The molecule has 2 radical (unpaired) electrons. The Labute approximate surface area is 76.9 Å². The van der Waals surface area contributed by atoms with Gasteiger partial charge in [-0.05, 0) is 12.1 Å². The van der Waals surface area contributed by atoms with Gasteiger partial charge < -0.3 is 9.94 Å². The van der Waals surface area contributed by atoms with Gasteiger partial charge in [0, 0.05) is 12.1 Å². The van der Waals surface area contributed by atoms with E-state index in [9.17, 15) is 4.39 Å². The number of nitrogens with one attached hydrogen (secondary N) is 1. The van der Waals surface area contributed by atoms with E-state index >= 15 is 0 Å². The molecule has 2 N–H and O–H groups in total. The highest BCUT2D eigenvalue weighted by Crippen LogP contribution is 2.15. The molecule has 0 atom stereocenters. The predicted molar refractivity (Wildman–Crippen MR) is 47.0 cm³/mol. The normalized spacial score (nSPS) is 10.1. The van der Waals surface area contributed by atoms with Gasteiger partial charge in [-0.1, -0.05) is 5.46 Å². The lowest BCUT2D eigenvalue weighted by Crippen LogP contribution is -2.15. The van der Waals surface area contributed by atoms with Crippen molar-refractivity contribution in [2.45, 2.75) is 6.54 Å². The SMILES string of the molecule is [B]c1cc(F)cc(CNO)c1OC. The molecule has 0 aliphatic carbocycles. The fraction of sp³-hybridized carbons (Fsp3) is 0.250. The molecular weight excluding hydrogens is 172 g/mol. The number of hydrogen-bond acceptors (Lipinski definition) is 3. The standard InChI is InChI=1S/C8H9BFNO2/c1-13-8-5(4-11-12)2-6(10)3-7(8)9/h2-3,11-12H,4H2,1H3. The van der Waals surface area contributed by atoms with Crippen LogP contribution in [0.3, 0.4) is 0 Å². The Morgan fingerprint density at radius 1 is 1.62 bits per heavy atom. The molecule has 0 amide bonds. The van der Waals surface area contributed by atoms with Crippen LogP contribution in [0.15, 0.2) is 12.1 Å². The minimum Gasteiger partial charge on any atom is -0.497 e. The van der Waals surface area contributed by atoms with E-state index in [0.29, 0.717) is 11.3 Å². The minimum absolute atomic E-state index is 0.0884. The average molecular weight is 181 g/mol. The van der Waals surface area contributed by atoms with Crippen LogP contribution >= 0.6 is 0 Å². The molecular formula is C8H9BFNO2. The van der Waals surface area contributed by atoms with E-state index in [1.54, 1.807) is 0 Å². The summed E-state index contributed by atoms with van der Waals surface area (Å²) in [5.74, 6) is -0.0773. The zero-order chi connectivity index (χ0) is 9.84. The quantitative estimate of drug-likeness (QED) is 0.513. The molecule has 1 rings (SSSR count). The molecule has 5 heteroatoms. The Kier molecular flexibility index (Phi) is 3.28. The summed E-state index contributed by atoms with van der Waals surface area (Å²) in [6.45, 7) is 0.0884. The first-order valence-electron chi connectivity index (χ1n) is 3.68. The van der Waals surface area contributed by atoms with E-state index in [-0.39, 0.29) is 12.0 Å². The number of ether oxygens (including phenoxy) is 1. The van der Waals surface area contributed by atoms with Crippen molar-refractivity contribution in [3.8, 4) is 5.75 Å². The molecule has 0 spiro atoms. The van der Waals surface area contributed by atoms with Crippen molar-refractivity contribution in [1.29, 1.82) is 0 Å². The third kappa shape index (κ3) is 2.20. The minimum atomic E-state index is -0.455. The second-order valence-electron chi connectivity index (χ2n) is 2.52. The van der Waals surface area contributed by atoms with Gasteiger partial charge in [0.05, 0.1) is 7.11 Å². The summed E-state index contributed by atoms with van der Waals surface area (Å²) in [7, 11) is 6.92. The monoisotopic (exact) mass is 181 g/mol. The molecule has 13 heavy (non-hydrogen) atoms. The summed E-state index contributed by atoms with van der Waals surface area (Å²) in [5, 5.41) is 8.45. The predicted octanol–water partition coefficient (Wildman–Crippen LogP) is 0.107. The third-order valence-electron chi connectivity index (χ3n) is 1.63. The molecule has 0 aromatic heterocycles. The van der Waals surface area contributed by atoms with Crippen molar-refractivity contribution in [1.82, 2.24) is 5.48 Å². The zero-order valence-electron chi connectivity index (χ0n) is 7.17. The van der Waals surface area contributed by atoms with Crippen molar-refractivity contribution in [3.05, 3.63) is 23.5 Å². The summed E-state index contributed by atoms with van der Waals surface area (Å²) in [6, 6.07) is 2.41. The van der Waals surface area contributed by atoms with Crippen LogP contribution in [0.4, 0.5) is 4.39 Å². The van der Waals surface area contributed by atoms with Gasteiger partial charge >= 0.3 is 0 Å². The second kappa shape index (κ2) is 4.25. The molecule has 1 aromatic carbocycles. The maximum absolute atomic E-state index is 12.8. The third-order valence-corrected chi connectivity index (χ3v) is 1.63. The van der Waals surface area contributed by atoms with Crippen molar-refractivity contribution < 1.29 is 14.3 Å². The molecule has 68 valence electrons. The van der Waals surface area contributed by atoms with Gasteiger partial charge in [0.2, 0.25) is 0 Å². The van der Waals surface area contributed by atoms with Crippen molar-refractivity contribution in [3.63, 3.8) is 0 Å². The highest BCUT2D eigenvalue weighted by atomic mass is 19.1. The largest absolute Gasteiger partial charge is 0.497 e. The lowest BCUT2D eigenvalue weighted by Gasteiger charge is -2.10. The van der Waals surface area contributed by atoms with E-state index in [0.717, 1.165) is 0 Å². The summed E-state index contributed by atoms with van der Waals surface area (Å²) < 4.78 is 17.8. The van der Waals surface area contributed by atoms with Crippen LogP contribution < -0.4 is 15.7 Å². The van der Waals surface area contributed by atoms with Gasteiger partial charge in [-0.3, -0.25) is 0 Å². The molecule has 0 aliphatic rings. The molecule has 1 aromatic rings.